The van der Waals surface area contributed by atoms with Crippen LogP contribution in [0.15, 0.2) is 59.8 Å². The smallest absolute Gasteiger partial charge is 0.325 e. The molecule has 4 aromatic heterocycles. The summed E-state index contributed by atoms with van der Waals surface area (Å²) in [7, 11) is 1.92. The maximum Gasteiger partial charge on any atom is 0.434 e. The molecular formula is C28H27F3N8O. The van der Waals surface area contributed by atoms with Crippen molar-refractivity contribution >= 4 is 11.2 Å². The number of rotatable bonds is 6. The SMILES string of the molecule is CC(C)c1ncccc1-c1ncc2[nH]c(=O)n(Cc3ccc(-c4nc(C(F)(F)F)cn4C4CN(C)C4)cc3)c2n1. The molecule has 1 aliphatic rings. The van der Waals surface area contributed by atoms with E-state index in [1.807, 2.05) is 37.9 Å². The van der Waals surface area contributed by atoms with Crippen molar-refractivity contribution in [3.05, 3.63) is 82.4 Å². The van der Waals surface area contributed by atoms with E-state index in [-0.39, 0.29) is 30.0 Å². The number of nitrogens with zero attached hydrogens (tertiary/aromatic N) is 7. The Morgan fingerprint density at radius 2 is 1.82 bits per heavy atom. The molecule has 6 rings (SSSR count). The van der Waals surface area contributed by atoms with Crippen LogP contribution in [0.4, 0.5) is 13.2 Å². The van der Waals surface area contributed by atoms with Gasteiger partial charge in [-0.3, -0.25) is 9.55 Å². The number of alkyl halides is 3. The molecule has 0 radical (unpaired) electrons. The van der Waals surface area contributed by atoms with Crippen LogP contribution in [0.25, 0.3) is 33.9 Å². The first-order valence-electron chi connectivity index (χ1n) is 12.9. The maximum absolute atomic E-state index is 13.5. The van der Waals surface area contributed by atoms with Crippen LogP contribution in [0.3, 0.4) is 0 Å². The molecule has 1 saturated heterocycles. The van der Waals surface area contributed by atoms with Crippen molar-refractivity contribution in [2.24, 2.45) is 0 Å². The molecule has 1 fully saturated rings. The third-order valence-electron chi connectivity index (χ3n) is 7.15. The Morgan fingerprint density at radius 3 is 2.50 bits per heavy atom. The zero-order valence-electron chi connectivity index (χ0n) is 22.1. The number of likely N-dealkylation sites (tertiary alicyclic amines) is 1. The van der Waals surface area contributed by atoms with Crippen molar-refractivity contribution in [1.82, 2.24) is 39.0 Å². The number of aromatic amines is 1. The van der Waals surface area contributed by atoms with Gasteiger partial charge < -0.3 is 14.5 Å². The maximum atomic E-state index is 13.5. The number of imidazole rings is 2. The number of nitrogens with one attached hydrogen (secondary N) is 1. The van der Waals surface area contributed by atoms with E-state index in [0.29, 0.717) is 35.6 Å². The van der Waals surface area contributed by atoms with Gasteiger partial charge in [0.25, 0.3) is 0 Å². The van der Waals surface area contributed by atoms with Gasteiger partial charge in [0.05, 0.1) is 24.5 Å². The van der Waals surface area contributed by atoms with Gasteiger partial charge in [-0.2, -0.15) is 13.2 Å². The summed E-state index contributed by atoms with van der Waals surface area (Å²) in [5, 5.41) is 0. The van der Waals surface area contributed by atoms with Gasteiger partial charge in [0.1, 0.15) is 11.3 Å². The standard InChI is InChI=1S/C28H27F3N8O/c1-16(2)23-20(5-4-10-32-23)24-33-11-21-26(36-24)39(27(40)34-21)12-17-6-8-18(9-7-17)25-35-22(28(29,30)31)15-38(25)19-13-37(3)14-19/h4-11,15-16,19H,12-14H2,1-3H3,(H,34,40). The van der Waals surface area contributed by atoms with E-state index in [1.165, 1.54) is 4.57 Å². The average Bonchev–Trinajstić information content (AvgIpc) is 3.48. The summed E-state index contributed by atoms with van der Waals surface area (Å²) >= 11 is 0. The number of halogens is 3. The molecule has 0 aliphatic carbocycles. The van der Waals surface area contributed by atoms with Gasteiger partial charge in [-0.05, 0) is 30.7 Å². The summed E-state index contributed by atoms with van der Waals surface area (Å²) in [6.45, 7) is 5.62. The van der Waals surface area contributed by atoms with Crippen molar-refractivity contribution in [3.63, 3.8) is 0 Å². The summed E-state index contributed by atoms with van der Waals surface area (Å²) in [5.41, 5.74) is 2.75. The number of pyridine rings is 1. The predicted molar refractivity (Wildman–Crippen MR) is 144 cm³/mol. The molecule has 1 aliphatic heterocycles. The number of benzene rings is 1. The van der Waals surface area contributed by atoms with Crippen LogP contribution in [0.5, 0.6) is 0 Å². The molecule has 0 saturated carbocycles. The van der Waals surface area contributed by atoms with E-state index in [2.05, 4.69) is 19.9 Å². The fraction of sp³-hybridized carbons (Fsp3) is 0.321. The van der Waals surface area contributed by atoms with E-state index in [9.17, 15) is 18.0 Å². The molecule has 0 spiro atoms. The van der Waals surface area contributed by atoms with Gasteiger partial charge in [-0.25, -0.2) is 19.7 Å². The van der Waals surface area contributed by atoms with Crippen LogP contribution in [0.2, 0.25) is 0 Å². The van der Waals surface area contributed by atoms with E-state index in [0.717, 1.165) is 23.0 Å². The highest BCUT2D eigenvalue weighted by atomic mass is 19.4. The third kappa shape index (κ3) is 4.68. The summed E-state index contributed by atoms with van der Waals surface area (Å²) < 4.78 is 43.5. The monoisotopic (exact) mass is 548 g/mol. The normalized spacial score (nSPS) is 14.8. The van der Waals surface area contributed by atoms with Crippen molar-refractivity contribution in [3.8, 4) is 22.8 Å². The number of hydrogen-bond acceptors (Lipinski definition) is 6. The molecule has 9 nitrogen and oxygen atoms in total. The molecule has 12 heteroatoms. The minimum Gasteiger partial charge on any atom is -0.325 e. The number of aromatic nitrogens is 7. The lowest BCUT2D eigenvalue weighted by Crippen LogP contribution is -2.44. The second-order valence-electron chi connectivity index (χ2n) is 10.5. The summed E-state index contributed by atoms with van der Waals surface area (Å²) in [4.78, 5) is 35.3. The zero-order chi connectivity index (χ0) is 28.2. The number of H-pyrrole nitrogens is 1. The highest BCUT2D eigenvalue weighted by molar-refractivity contribution is 5.73. The highest BCUT2D eigenvalue weighted by Gasteiger charge is 2.37. The van der Waals surface area contributed by atoms with Crippen LogP contribution < -0.4 is 5.69 Å². The minimum atomic E-state index is -4.53. The Balaban J connectivity index is 1.32. The Kier molecular flexibility index (Phi) is 6.29. The van der Waals surface area contributed by atoms with Gasteiger partial charge >= 0.3 is 11.9 Å². The van der Waals surface area contributed by atoms with Crippen LogP contribution in [-0.2, 0) is 12.7 Å². The van der Waals surface area contributed by atoms with Crippen LogP contribution in [0, 0.1) is 0 Å². The Labute approximate surface area is 227 Å². The van der Waals surface area contributed by atoms with E-state index in [4.69, 9.17) is 4.98 Å². The first-order chi connectivity index (χ1) is 19.1. The van der Waals surface area contributed by atoms with E-state index < -0.39 is 11.9 Å². The van der Waals surface area contributed by atoms with Gasteiger partial charge in [-0.15, -0.1) is 0 Å². The fourth-order valence-corrected chi connectivity index (χ4v) is 5.09. The molecule has 1 aromatic carbocycles. The summed E-state index contributed by atoms with van der Waals surface area (Å²) in [6, 6.07) is 10.7. The first-order valence-corrected chi connectivity index (χ1v) is 12.9. The van der Waals surface area contributed by atoms with Crippen molar-refractivity contribution in [1.29, 1.82) is 0 Å². The first kappa shape index (κ1) is 25.9. The Hall–Kier alpha value is -4.32. The molecule has 206 valence electrons. The summed E-state index contributed by atoms with van der Waals surface area (Å²) in [5.74, 6) is 0.910. The molecule has 40 heavy (non-hydrogen) atoms. The number of likely N-dealkylation sites (N-methyl/N-ethyl adjacent to an activating group) is 1. The predicted octanol–water partition coefficient (Wildman–Crippen LogP) is 4.72. The number of fused-ring (bicyclic) bond motifs is 1. The largest absolute Gasteiger partial charge is 0.434 e. The lowest BCUT2D eigenvalue weighted by atomic mass is 10.0. The highest BCUT2D eigenvalue weighted by Crippen LogP contribution is 2.34. The molecule has 1 N–H and O–H groups in total. The van der Waals surface area contributed by atoms with E-state index >= 15 is 0 Å². The van der Waals surface area contributed by atoms with Gasteiger partial charge in [0.2, 0.25) is 0 Å². The van der Waals surface area contributed by atoms with Crippen LogP contribution >= 0.6 is 0 Å². The van der Waals surface area contributed by atoms with Crippen molar-refractivity contribution in [2.45, 2.75) is 38.5 Å². The van der Waals surface area contributed by atoms with E-state index in [1.54, 1.807) is 41.2 Å². The Morgan fingerprint density at radius 1 is 1.07 bits per heavy atom. The topological polar surface area (TPSA) is 97.5 Å². The van der Waals surface area contributed by atoms with Gasteiger partial charge in [-0.1, -0.05) is 38.1 Å². The molecule has 0 amide bonds. The molecular weight excluding hydrogens is 521 g/mol. The lowest BCUT2D eigenvalue weighted by Gasteiger charge is -2.37. The van der Waals surface area contributed by atoms with Crippen LogP contribution in [-0.4, -0.2) is 59.1 Å². The molecule has 0 bridgehead atoms. The second-order valence-corrected chi connectivity index (χ2v) is 10.5. The zero-order valence-corrected chi connectivity index (χ0v) is 22.1. The van der Waals surface area contributed by atoms with Crippen LogP contribution in [0.1, 0.15) is 42.8 Å². The number of hydrogen-bond donors (Lipinski definition) is 1. The minimum absolute atomic E-state index is 0.0713. The van der Waals surface area contributed by atoms with Gasteiger partial charge in [0.15, 0.2) is 17.2 Å². The quantitative estimate of drug-likeness (QED) is 0.330. The third-order valence-corrected chi connectivity index (χ3v) is 7.15. The fourth-order valence-electron chi connectivity index (χ4n) is 5.09. The van der Waals surface area contributed by atoms with Crippen molar-refractivity contribution in [2.75, 3.05) is 20.1 Å². The van der Waals surface area contributed by atoms with Gasteiger partial charge in [0, 0.05) is 36.6 Å². The second kappa shape index (κ2) is 9.70. The molecule has 0 unspecified atom stereocenters. The molecule has 5 aromatic rings. The molecule has 0 atom stereocenters. The summed E-state index contributed by atoms with van der Waals surface area (Å²) in [6.07, 6.45) is -0.116. The van der Waals surface area contributed by atoms with Crippen molar-refractivity contribution < 1.29 is 13.2 Å². The Bertz CT molecular complexity index is 1740. The molecule has 5 heterocycles. The average molecular weight is 549 g/mol. The lowest BCUT2D eigenvalue weighted by molar-refractivity contribution is -0.141.